The van der Waals surface area contributed by atoms with Gasteiger partial charge in [0.05, 0.1) is 6.10 Å². The summed E-state index contributed by atoms with van der Waals surface area (Å²) < 4.78 is 0. The van der Waals surface area contributed by atoms with Gasteiger partial charge in [-0.3, -0.25) is 0 Å². The fraction of sp³-hybridized carbons (Fsp3) is 0.862. The Kier molecular flexibility index (Phi) is 6.35. The SMILES string of the molecule is CC[C@H](/C=C/[C@@H](C)C1CCC2[C@H]3CC=C4C[C@@H](O)CC[C@]4(C)[C@@H]3CC[C@@]12C)C(C)C. The Balaban J connectivity index is 1.52. The van der Waals surface area contributed by atoms with E-state index in [4.69, 9.17) is 0 Å². The molecule has 4 aliphatic rings. The largest absolute Gasteiger partial charge is 0.393 e. The van der Waals surface area contributed by atoms with Crippen molar-refractivity contribution in [2.24, 2.45) is 52.3 Å². The van der Waals surface area contributed by atoms with Crippen LogP contribution in [0.15, 0.2) is 23.8 Å². The molecular weight excluding hydrogens is 364 g/mol. The molecule has 2 unspecified atom stereocenters. The molecule has 0 bridgehead atoms. The molecule has 0 aromatic heterocycles. The Hall–Kier alpha value is -0.560. The number of fused-ring (bicyclic) bond motifs is 5. The predicted octanol–water partition coefficient (Wildman–Crippen LogP) is 7.80. The number of hydrogen-bond acceptors (Lipinski definition) is 1. The van der Waals surface area contributed by atoms with Gasteiger partial charge < -0.3 is 5.11 Å². The zero-order chi connectivity index (χ0) is 21.7. The third kappa shape index (κ3) is 3.66. The fourth-order valence-corrected chi connectivity index (χ4v) is 8.83. The van der Waals surface area contributed by atoms with Crippen molar-refractivity contribution in [1.29, 1.82) is 0 Å². The summed E-state index contributed by atoms with van der Waals surface area (Å²) in [6.45, 7) is 14.8. The minimum Gasteiger partial charge on any atom is -0.393 e. The van der Waals surface area contributed by atoms with Crippen LogP contribution in [0.1, 0.15) is 99.3 Å². The van der Waals surface area contributed by atoms with Crippen LogP contribution in [-0.4, -0.2) is 11.2 Å². The van der Waals surface area contributed by atoms with Crippen LogP contribution in [-0.2, 0) is 0 Å². The van der Waals surface area contributed by atoms with E-state index in [2.05, 4.69) is 59.8 Å². The summed E-state index contributed by atoms with van der Waals surface area (Å²) in [6.07, 6.45) is 19.1. The Morgan fingerprint density at radius 2 is 1.80 bits per heavy atom. The number of hydrogen-bond donors (Lipinski definition) is 1. The van der Waals surface area contributed by atoms with Crippen LogP contribution in [0.3, 0.4) is 0 Å². The average molecular weight is 413 g/mol. The third-order valence-corrected chi connectivity index (χ3v) is 10.8. The van der Waals surface area contributed by atoms with Crippen LogP contribution in [0.2, 0.25) is 0 Å². The lowest BCUT2D eigenvalue weighted by Crippen LogP contribution is -2.50. The second-order valence-corrected chi connectivity index (χ2v) is 12.4. The molecule has 0 radical (unpaired) electrons. The highest BCUT2D eigenvalue weighted by molar-refractivity contribution is 5.25. The van der Waals surface area contributed by atoms with Gasteiger partial charge in [0.1, 0.15) is 0 Å². The minimum absolute atomic E-state index is 0.0870. The predicted molar refractivity (Wildman–Crippen MR) is 128 cm³/mol. The van der Waals surface area contributed by atoms with E-state index in [0.717, 1.165) is 48.3 Å². The van der Waals surface area contributed by atoms with Crippen LogP contribution in [0.5, 0.6) is 0 Å². The van der Waals surface area contributed by atoms with Gasteiger partial charge in [0, 0.05) is 0 Å². The van der Waals surface area contributed by atoms with Crippen LogP contribution in [0, 0.1) is 52.3 Å². The summed E-state index contributed by atoms with van der Waals surface area (Å²) in [7, 11) is 0. The highest BCUT2D eigenvalue weighted by atomic mass is 16.3. The lowest BCUT2D eigenvalue weighted by molar-refractivity contribution is -0.0540. The van der Waals surface area contributed by atoms with Gasteiger partial charge in [-0.25, -0.2) is 0 Å². The van der Waals surface area contributed by atoms with Gasteiger partial charge in [-0.15, -0.1) is 0 Å². The van der Waals surface area contributed by atoms with Gasteiger partial charge in [-0.2, -0.15) is 0 Å². The van der Waals surface area contributed by atoms with Gasteiger partial charge >= 0.3 is 0 Å². The smallest absolute Gasteiger partial charge is 0.0577 e. The Morgan fingerprint density at radius 3 is 2.50 bits per heavy atom. The maximum absolute atomic E-state index is 10.2. The van der Waals surface area contributed by atoms with E-state index in [9.17, 15) is 5.11 Å². The molecule has 0 aromatic rings. The van der Waals surface area contributed by atoms with Crippen molar-refractivity contribution >= 4 is 0 Å². The number of allylic oxidation sites excluding steroid dienone is 3. The van der Waals surface area contributed by atoms with Crippen LogP contribution >= 0.6 is 0 Å². The minimum atomic E-state index is -0.0870. The molecule has 4 rings (SSSR count). The molecule has 0 aromatic carbocycles. The van der Waals surface area contributed by atoms with Gasteiger partial charge in [0.15, 0.2) is 0 Å². The summed E-state index contributed by atoms with van der Waals surface area (Å²) in [5.74, 6) is 5.70. The first-order valence-electron chi connectivity index (χ1n) is 13.3. The van der Waals surface area contributed by atoms with Crippen LogP contribution in [0.4, 0.5) is 0 Å². The van der Waals surface area contributed by atoms with E-state index in [0.29, 0.717) is 16.7 Å². The molecule has 0 aliphatic heterocycles. The highest BCUT2D eigenvalue weighted by Gasteiger charge is 2.58. The third-order valence-electron chi connectivity index (χ3n) is 10.8. The molecule has 3 fully saturated rings. The topological polar surface area (TPSA) is 20.2 Å². The average Bonchev–Trinajstić information content (AvgIpc) is 3.06. The summed E-state index contributed by atoms with van der Waals surface area (Å²) in [6, 6.07) is 0. The van der Waals surface area contributed by atoms with Crippen molar-refractivity contribution in [1.82, 2.24) is 0 Å². The van der Waals surface area contributed by atoms with Gasteiger partial charge in [0.2, 0.25) is 0 Å². The number of aliphatic hydroxyl groups excluding tert-OH is 1. The monoisotopic (exact) mass is 412 g/mol. The zero-order valence-electron chi connectivity index (χ0n) is 20.7. The first-order valence-corrected chi connectivity index (χ1v) is 13.3. The van der Waals surface area contributed by atoms with E-state index in [1.54, 1.807) is 5.57 Å². The number of aliphatic hydroxyl groups is 1. The first kappa shape index (κ1) is 22.6. The van der Waals surface area contributed by atoms with E-state index in [1.165, 1.54) is 44.9 Å². The molecule has 1 heteroatoms. The molecular formula is C29H48O. The molecule has 1 N–H and O–H groups in total. The van der Waals surface area contributed by atoms with Crippen molar-refractivity contribution in [2.45, 2.75) is 105 Å². The lowest BCUT2D eigenvalue weighted by Gasteiger charge is -2.58. The molecule has 30 heavy (non-hydrogen) atoms. The Morgan fingerprint density at radius 1 is 1.03 bits per heavy atom. The standard InChI is InChI=1S/C29H48O/c1-7-21(19(2)3)9-8-20(4)25-12-13-26-24-11-10-22-18-23(30)14-16-28(22,5)27(24)15-17-29(25,26)6/h8-10,19-21,23-27,30H,7,11-18H2,1-6H3/b9-8+/t20-,21-,23+,24-,25?,26?,27-,28+,29+/m1/s1. The first-order chi connectivity index (χ1) is 14.2. The van der Waals surface area contributed by atoms with Crippen LogP contribution < -0.4 is 0 Å². The molecule has 9 atom stereocenters. The molecule has 3 saturated carbocycles. The quantitative estimate of drug-likeness (QED) is 0.457. The highest BCUT2D eigenvalue weighted by Crippen LogP contribution is 2.67. The summed E-state index contributed by atoms with van der Waals surface area (Å²) >= 11 is 0. The summed E-state index contributed by atoms with van der Waals surface area (Å²) in [5.41, 5.74) is 2.51. The van der Waals surface area contributed by atoms with Gasteiger partial charge in [-0.05, 0) is 110 Å². The molecule has 1 nitrogen and oxygen atoms in total. The molecule has 0 amide bonds. The molecule has 0 heterocycles. The van der Waals surface area contributed by atoms with Crippen molar-refractivity contribution in [3.8, 4) is 0 Å². The second-order valence-electron chi connectivity index (χ2n) is 12.4. The summed E-state index contributed by atoms with van der Waals surface area (Å²) in [5, 5.41) is 10.2. The normalized spacial score (nSPS) is 45.6. The van der Waals surface area contributed by atoms with E-state index in [1.807, 2.05) is 0 Å². The van der Waals surface area contributed by atoms with E-state index in [-0.39, 0.29) is 6.10 Å². The second kappa shape index (κ2) is 8.42. The van der Waals surface area contributed by atoms with Crippen molar-refractivity contribution in [3.63, 3.8) is 0 Å². The zero-order valence-corrected chi connectivity index (χ0v) is 20.7. The fourth-order valence-electron chi connectivity index (χ4n) is 8.83. The van der Waals surface area contributed by atoms with Gasteiger partial charge in [-0.1, -0.05) is 65.3 Å². The molecule has 0 spiro atoms. The molecule has 170 valence electrons. The van der Waals surface area contributed by atoms with Gasteiger partial charge in [0.25, 0.3) is 0 Å². The van der Waals surface area contributed by atoms with Crippen molar-refractivity contribution in [3.05, 3.63) is 23.8 Å². The lowest BCUT2D eigenvalue weighted by atomic mass is 9.47. The van der Waals surface area contributed by atoms with E-state index < -0.39 is 0 Å². The maximum Gasteiger partial charge on any atom is 0.0577 e. The van der Waals surface area contributed by atoms with Crippen LogP contribution in [0.25, 0.3) is 0 Å². The van der Waals surface area contributed by atoms with Crippen molar-refractivity contribution in [2.75, 3.05) is 0 Å². The molecule has 0 saturated heterocycles. The Bertz CT molecular complexity index is 674. The van der Waals surface area contributed by atoms with E-state index >= 15 is 0 Å². The van der Waals surface area contributed by atoms with Crippen molar-refractivity contribution < 1.29 is 5.11 Å². The Labute approximate surface area is 186 Å². The molecule has 4 aliphatic carbocycles. The maximum atomic E-state index is 10.2. The summed E-state index contributed by atoms with van der Waals surface area (Å²) in [4.78, 5) is 0. The number of rotatable bonds is 5.